The van der Waals surface area contributed by atoms with Crippen molar-refractivity contribution in [3.63, 3.8) is 0 Å². The van der Waals surface area contributed by atoms with Crippen molar-refractivity contribution < 1.29 is 13.2 Å². The molecule has 0 saturated heterocycles. The highest BCUT2D eigenvalue weighted by molar-refractivity contribution is 9.10. The minimum Gasteiger partial charge on any atom is -0.310 e. The van der Waals surface area contributed by atoms with Gasteiger partial charge in [-0.15, -0.1) is 0 Å². The Morgan fingerprint density at radius 2 is 2.05 bits per heavy atom. The average Bonchev–Trinajstić information content (AvgIpc) is 2.33. The molecule has 1 aromatic carbocycles. The van der Waals surface area contributed by atoms with Crippen LogP contribution in [0.2, 0.25) is 5.02 Å². The molecule has 114 valence electrons. The first-order valence-electron chi connectivity index (χ1n) is 6.58. The van der Waals surface area contributed by atoms with Crippen LogP contribution in [-0.2, 0) is 0 Å². The number of rotatable bonds is 7. The summed E-state index contributed by atoms with van der Waals surface area (Å²) in [6.45, 7) is 2.79. The van der Waals surface area contributed by atoms with Crippen molar-refractivity contribution in [2.45, 2.75) is 44.8 Å². The van der Waals surface area contributed by atoms with Gasteiger partial charge in [0.05, 0.1) is 0 Å². The van der Waals surface area contributed by atoms with Crippen LogP contribution in [-0.4, -0.2) is 12.7 Å². The second-order valence-corrected chi connectivity index (χ2v) is 5.97. The van der Waals surface area contributed by atoms with Gasteiger partial charge in [0.15, 0.2) is 0 Å². The molecule has 0 amide bonds. The van der Waals surface area contributed by atoms with E-state index in [0.29, 0.717) is 11.4 Å². The molecule has 6 heteroatoms. The third-order valence-electron chi connectivity index (χ3n) is 2.93. The van der Waals surface area contributed by atoms with Gasteiger partial charge in [0.1, 0.15) is 0 Å². The van der Waals surface area contributed by atoms with Crippen molar-refractivity contribution in [2.24, 2.45) is 0 Å². The van der Waals surface area contributed by atoms with Crippen molar-refractivity contribution in [1.82, 2.24) is 5.32 Å². The minimum absolute atomic E-state index is 0.0936. The van der Waals surface area contributed by atoms with E-state index < -0.39 is 12.6 Å². The molecule has 1 atom stereocenters. The van der Waals surface area contributed by atoms with Crippen molar-refractivity contribution in [3.8, 4) is 0 Å². The lowest BCUT2D eigenvalue weighted by Gasteiger charge is -2.21. The fourth-order valence-electron chi connectivity index (χ4n) is 1.98. The van der Waals surface area contributed by atoms with Crippen LogP contribution in [0.1, 0.15) is 44.2 Å². The number of benzene rings is 1. The lowest BCUT2D eigenvalue weighted by atomic mass is 10.0. The first kappa shape index (κ1) is 17.8. The summed E-state index contributed by atoms with van der Waals surface area (Å²) in [4.78, 5) is 0. The highest BCUT2D eigenvalue weighted by Crippen LogP contribution is 2.31. The highest BCUT2D eigenvalue weighted by atomic mass is 79.9. The molecule has 1 unspecified atom stereocenters. The van der Waals surface area contributed by atoms with Gasteiger partial charge in [-0.05, 0) is 43.5 Å². The molecule has 1 aromatic rings. The summed E-state index contributed by atoms with van der Waals surface area (Å²) in [7, 11) is 0. The molecule has 0 aliphatic rings. The van der Waals surface area contributed by atoms with Crippen LogP contribution in [0, 0.1) is 0 Å². The smallest absolute Gasteiger partial charge is 0.310 e. The molecular weight excluding hydrogens is 355 g/mol. The molecule has 1 nitrogen and oxygen atoms in total. The fourth-order valence-corrected chi connectivity index (χ4v) is 2.94. The van der Waals surface area contributed by atoms with Gasteiger partial charge in [0, 0.05) is 22.0 Å². The van der Waals surface area contributed by atoms with E-state index in [2.05, 4.69) is 21.2 Å². The zero-order chi connectivity index (χ0) is 15.2. The lowest BCUT2D eigenvalue weighted by molar-refractivity contribution is -0.135. The first-order chi connectivity index (χ1) is 9.33. The summed E-state index contributed by atoms with van der Waals surface area (Å²) in [6.07, 6.45) is -3.35. The molecule has 0 heterocycles. The van der Waals surface area contributed by atoms with Gasteiger partial charge < -0.3 is 5.32 Å². The average molecular weight is 373 g/mol. The van der Waals surface area contributed by atoms with Crippen LogP contribution >= 0.6 is 27.5 Å². The SMILES string of the molecule is CCCNC(CCCC(F)(F)F)c1ccc(Cl)cc1Br. The zero-order valence-electron chi connectivity index (χ0n) is 11.2. The minimum atomic E-state index is -4.09. The molecule has 0 bridgehead atoms. The van der Waals surface area contributed by atoms with Crippen LogP contribution < -0.4 is 5.32 Å². The molecule has 0 aliphatic heterocycles. The summed E-state index contributed by atoms with van der Waals surface area (Å²) in [5.41, 5.74) is 0.949. The molecule has 0 aromatic heterocycles. The van der Waals surface area contributed by atoms with E-state index in [1.54, 1.807) is 12.1 Å². The van der Waals surface area contributed by atoms with E-state index in [1.165, 1.54) is 0 Å². The fraction of sp³-hybridized carbons (Fsp3) is 0.571. The second-order valence-electron chi connectivity index (χ2n) is 4.68. The molecule has 20 heavy (non-hydrogen) atoms. The number of alkyl halides is 3. The Morgan fingerprint density at radius 1 is 1.35 bits per heavy atom. The molecule has 0 radical (unpaired) electrons. The molecule has 1 rings (SSSR count). The first-order valence-corrected chi connectivity index (χ1v) is 7.75. The van der Waals surface area contributed by atoms with Gasteiger partial charge in [-0.25, -0.2) is 0 Å². The Balaban J connectivity index is 2.72. The van der Waals surface area contributed by atoms with E-state index in [9.17, 15) is 13.2 Å². The predicted molar refractivity (Wildman–Crippen MR) is 80.1 cm³/mol. The predicted octanol–water partition coefficient (Wildman–Crippen LogP) is 5.88. The van der Waals surface area contributed by atoms with E-state index in [1.807, 2.05) is 13.0 Å². The highest BCUT2D eigenvalue weighted by Gasteiger charge is 2.27. The summed E-state index contributed by atoms with van der Waals surface area (Å²) in [5.74, 6) is 0. The van der Waals surface area contributed by atoms with Gasteiger partial charge in [-0.1, -0.05) is 40.5 Å². The summed E-state index contributed by atoms with van der Waals surface area (Å²) in [5, 5.41) is 3.89. The number of nitrogens with one attached hydrogen (secondary N) is 1. The molecule has 0 fully saturated rings. The maximum atomic E-state index is 12.2. The van der Waals surface area contributed by atoms with E-state index >= 15 is 0 Å². The van der Waals surface area contributed by atoms with Crippen molar-refractivity contribution in [1.29, 1.82) is 0 Å². The molecule has 0 aliphatic carbocycles. The van der Waals surface area contributed by atoms with E-state index in [4.69, 9.17) is 11.6 Å². The Labute approximate surface area is 131 Å². The largest absolute Gasteiger partial charge is 0.389 e. The van der Waals surface area contributed by atoms with Gasteiger partial charge in [-0.3, -0.25) is 0 Å². The maximum Gasteiger partial charge on any atom is 0.389 e. The Hall–Kier alpha value is -0.260. The number of hydrogen-bond donors (Lipinski definition) is 1. The maximum absolute atomic E-state index is 12.2. The quantitative estimate of drug-likeness (QED) is 0.630. The van der Waals surface area contributed by atoms with Gasteiger partial charge in [0.2, 0.25) is 0 Å². The third-order valence-corrected chi connectivity index (χ3v) is 3.85. The van der Waals surface area contributed by atoms with Crippen LogP contribution in [0.5, 0.6) is 0 Å². The Kier molecular flexibility index (Phi) is 7.34. The molecular formula is C14H18BrClF3N. The summed E-state index contributed by atoms with van der Waals surface area (Å²) >= 11 is 9.32. The van der Waals surface area contributed by atoms with Crippen molar-refractivity contribution in [2.75, 3.05) is 6.54 Å². The molecule has 1 N–H and O–H groups in total. The van der Waals surface area contributed by atoms with Gasteiger partial charge >= 0.3 is 6.18 Å². The lowest BCUT2D eigenvalue weighted by Crippen LogP contribution is -2.23. The topological polar surface area (TPSA) is 12.0 Å². The Bertz CT molecular complexity index is 423. The van der Waals surface area contributed by atoms with Gasteiger partial charge in [0.25, 0.3) is 0 Å². The van der Waals surface area contributed by atoms with Crippen LogP contribution in [0.25, 0.3) is 0 Å². The second kappa shape index (κ2) is 8.25. The number of halogens is 5. The monoisotopic (exact) mass is 371 g/mol. The summed E-state index contributed by atoms with van der Waals surface area (Å²) < 4.78 is 37.6. The standard InChI is InChI=1S/C14H18BrClF3N/c1-2-8-20-13(4-3-7-14(17,18)19)11-6-5-10(16)9-12(11)15/h5-6,9,13,20H,2-4,7-8H2,1H3. The van der Waals surface area contributed by atoms with Crippen molar-refractivity contribution in [3.05, 3.63) is 33.3 Å². The summed E-state index contributed by atoms with van der Waals surface area (Å²) in [6, 6.07) is 5.28. The normalized spacial score (nSPS) is 13.5. The Morgan fingerprint density at radius 3 is 2.60 bits per heavy atom. The van der Waals surface area contributed by atoms with Gasteiger partial charge in [-0.2, -0.15) is 13.2 Å². The molecule has 0 saturated carbocycles. The van der Waals surface area contributed by atoms with Crippen LogP contribution in [0.15, 0.2) is 22.7 Å². The van der Waals surface area contributed by atoms with E-state index in [0.717, 1.165) is 23.0 Å². The van der Waals surface area contributed by atoms with Crippen LogP contribution in [0.4, 0.5) is 13.2 Å². The van der Waals surface area contributed by atoms with E-state index in [-0.39, 0.29) is 12.5 Å². The molecule has 0 spiro atoms. The zero-order valence-corrected chi connectivity index (χ0v) is 13.6. The number of hydrogen-bond acceptors (Lipinski definition) is 1. The van der Waals surface area contributed by atoms with Crippen LogP contribution in [0.3, 0.4) is 0 Å². The van der Waals surface area contributed by atoms with Crippen molar-refractivity contribution >= 4 is 27.5 Å². The third kappa shape index (κ3) is 6.46.